The topological polar surface area (TPSA) is 66.4 Å². The molecule has 0 unspecified atom stereocenters. The lowest BCUT2D eigenvalue weighted by molar-refractivity contribution is -0.139. The molecule has 0 aliphatic rings. The van der Waals surface area contributed by atoms with Crippen molar-refractivity contribution in [1.29, 1.82) is 0 Å². The maximum Gasteiger partial charge on any atom is 0.326 e. The van der Waals surface area contributed by atoms with Gasteiger partial charge in [-0.25, -0.2) is 26.7 Å². The molecule has 9 heteroatoms. The number of halogens is 5. The zero-order valence-corrected chi connectivity index (χ0v) is 12.3. The number of benzene rings is 2. The summed E-state index contributed by atoms with van der Waals surface area (Å²) >= 11 is 0. The fourth-order valence-corrected chi connectivity index (χ4v) is 2.06. The molecule has 2 N–H and O–H groups in total. The van der Waals surface area contributed by atoms with Crippen molar-refractivity contribution in [1.82, 2.24) is 5.32 Å². The van der Waals surface area contributed by atoms with E-state index in [1.807, 2.05) is 5.32 Å². The number of rotatable bonds is 5. The van der Waals surface area contributed by atoms with Crippen molar-refractivity contribution in [3.8, 4) is 0 Å². The number of hydrogen-bond donors (Lipinski definition) is 2. The van der Waals surface area contributed by atoms with Gasteiger partial charge in [0.05, 0.1) is 0 Å². The predicted octanol–water partition coefficient (Wildman–Crippen LogP) is 2.81. The smallest absolute Gasteiger partial charge is 0.326 e. The highest BCUT2D eigenvalue weighted by molar-refractivity contribution is 5.96. The van der Waals surface area contributed by atoms with Crippen LogP contribution in [-0.4, -0.2) is 23.0 Å². The minimum atomic E-state index is -2.35. The van der Waals surface area contributed by atoms with Crippen LogP contribution in [-0.2, 0) is 11.2 Å². The average Bonchev–Trinajstić information content (AvgIpc) is 2.61. The van der Waals surface area contributed by atoms with E-state index in [1.54, 1.807) is 6.07 Å². The van der Waals surface area contributed by atoms with Gasteiger partial charge in [-0.15, -0.1) is 0 Å². The van der Waals surface area contributed by atoms with Gasteiger partial charge >= 0.3 is 5.97 Å². The van der Waals surface area contributed by atoms with E-state index < -0.39 is 59.0 Å². The fraction of sp³-hybridized carbons (Fsp3) is 0.125. The first kappa shape index (κ1) is 18.4. The van der Waals surface area contributed by atoms with Crippen molar-refractivity contribution >= 4 is 11.9 Å². The minimum absolute atomic E-state index is 0.0613. The van der Waals surface area contributed by atoms with Gasteiger partial charge in [0.2, 0.25) is 5.82 Å². The normalized spacial score (nSPS) is 11.9. The van der Waals surface area contributed by atoms with Gasteiger partial charge < -0.3 is 10.4 Å². The Hall–Kier alpha value is -2.97. The van der Waals surface area contributed by atoms with E-state index in [9.17, 15) is 31.5 Å². The number of amides is 1. The summed E-state index contributed by atoms with van der Waals surface area (Å²) in [6.07, 6.45) is -1.13. The number of carboxylic acid groups (broad SMARTS) is 1. The van der Waals surface area contributed by atoms with E-state index in [-0.39, 0.29) is 5.56 Å². The zero-order chi connectivity index (χ0) is 18.7. The predicted molar refractivity (Wildman–Crippen MR) is 75.3 cm³/mol. The van der Waals surface area contributed by atoms with E-state index in [2.05, 4.69) is 0 Å². The number of carboxylic acids is 1. The van der Waals surface area contributed by atoms with Crippen molar-refractivity contribution in [2.45, 2.75) is 12.5 Å². The molecule has 0 fully saturated rings. The molecule has 0 aliphatic carbocycles. The van der Waals surface area contributed by atoms with Crippen LogP contribution in [0.5, 0.6) is 0 Å². The third-order valence-electron chi connectivity index (χ3n) is 3.35. The van der Waals surface area contributed by atoms with E-state index in [0.717, 1.165) is 0 Å². The standard InChI is InChI=1S/C16H10F5NO3/c17-10-8(11(18)13(20)14(21)12(10)19)6-9(16(24)25)22-15(23)7-4-2-1-3-5-7/h1-5,9H,6H2,(H,22,23)(H,24,25)/t9-/m1/s1. The van der Waals surface area contributed by atoms with E-state index in [0.29, 0.717) is 0 Å². The Bertz CT molecular complexity index is 797. The van der Waals surface area contributed by atoms with Gasteiger partial charge in [0.15, 0.2) is 23.3 Å². The number of hydrogen-bond acceptors (Lipinski definition) is 2. The van der Waals surface area contributed by atoms with Crippen molar-refractivity contribution in [3.05, 3.63) is 70.5 Å². The molecule has 0 aliphatic heterocycles. The molecule has 0 saturated carbocycles. The molecule has 2 aromatic carbocycles. The van der Waals surface area contributed by atoms with Crippen LogP contribution in [0.25, 0.3) is 0 Å². The molecule has 4 nitrogen and oxygen atoms in total. The number of nitrogens with one attached hydrogen (secondary N) is 1. The van der Waals surface area contributed by atoms with E-state index in [1.165, 1.54) is 24.3 Å². The Labute approximate surface area is 137 Å². The van der Waals surface area contributed by atoms with Crippen LogP contribution in [0.3, 0.4) is 0 Å². The number of carbonyl (C=O) groups is 2. The van der Waals surface area contributed by atoms with Crippen molar-refractivity contribution in [2.24, 2.45) is 0 Å². The van der Waals surface area contributed by atoms with Crippen LogP contribution in [0.15, 0.2) is 30.3 Å². The van der Waals surface area contributed by atoms with Gasteiger partial charge in [-0.1, -0.05) is 18.2 Å². The minimum Gasteiger partial charge on any atom is -0.480 e. The highest BCUT2D eigenvalue weighted by atomic mass is 19.2. The Kier molecular flexibility index (Phi) is 5.35. The summed E-state index contributed by atoms with van der Waals surface area (Å²) in [5, 5.41) is 11.1. The molecule has 0 spiro atoms. The first-order valence-corrected chi connectivity index (χ1v) is 6.83. The van der Waals surface area contributed by atoms with Crippen molar-refractivity contribution < 1.29 is 36.6 Å². The Morgan fingerprint density at radius 3 is 1.84 bits per heavy atom. The summed E-state index contributed by atoms with van der Waals surface area (Å²) in [7, 11) is 0. The molecule has 0 bridgehead atoms. The summed E-state index contributed by atoms with van der Waals surface area (Å²) in [5.74, 6) is -13.6. The van der Waals surface area contributed by atoms with Gasteiger partial charge in [-0.05, 0) is 12.1 Å². The average molecular weight is 359 g/mol. The molecule has 0 radical (unpaired) electrons. The summed E-state index contributed by atoms with van der Waals surface area (Å²) in [4.78, 5) is 23.1. The fourth-order valence-electron chi connectivity index (χ4n) is 2.06. The van der Waals surface area contributed by atoms with Gasteiger partial charge in [0, 0.05) is 17.5 Å². The first-order valence-electron chi connectivity index (χ1n) is 6.83. The third-order valence-corrected chi connectivity index (χ3v) is 3.35. The molecule has 132 valence electrons. The summed E-state index contributed by atoms with van der Waals surface area (Å²) in [6.45, 7) is 0. The molecule has 0 saturated heterocycles. The summed E-state index contributed by atoms with van der Waals surface area (Å²) < 4.78 is 66.7. The molecule has 25 heavy (non-hydrogen) atoms. The van der Waals surface area contributed by atoms with Gasteiger partial charge in [-0.2, -0.15) is 0 Å². The van der Waals surface area contributed by atoms with E-state index >= 15 is 0 Å². The largest absolute Gasteiger partial charge is 0.480 e. The van der Waals surface area contributed by atoms with Crippen LogP contribution in [0.1, 0.15) is 15.9 Å². The Balaban J connectivity index is 2.32. The zero-order valence-electron chi connectivity index (χ0n) is 12.3. The molecule has 0 heterocycles. The maximum absolute atomic E-state index is 13.7. The lowest BCUT2D eigenvalue weighted by Gasteiger charge is -2.16. The number of carbonyl (C=O) groups excluding carboxylic acids is 1. The summed E-state index contributed by atoms with van der Waals surface area (Å²) in [5.41, 5.74) is -1.26. The maximum atomic E-state index is 13.7. The van der Waals surface area contributed by atoms with Crippen LogP contribution in [0, 0.1) is 29.1 Å². The van der Waals surface area contributed by atoms with Gasteiger partial charge in [-0.3, -0.25) is 4.79 Å². The van der Waals surface area contributed by atoms with Crippen LogP contribution in [0.4, 0.5) is 22.0 Å². The summed E-state index contributed by atoms with van der Waals surface area (Å²) in [6, 6.07) is 5.39. The molecular formula is C16H10F5NO3. The second-order valence-corrected chi connectivity index (χ2v) is 4.98. The first-order chi connectivity index (χ1) is 11.7. The molecular weight excluding hydrogens is 349 g/mol. The van der Waals surface area contributed by atoms with Gasteiger partial charge in [0.1, 0.15) is 6.04 Å². The van der Waals surface area contributed by atoms with Gasteiger partial charge in [0.25, 0.3) is 5.91 Å². The molecule has 0 aromatic heterocycles. The van der Waals surface area contributed by atoms with Crippen LogP contribution >= 0.6 is 0 Å². The Morgan fingerprint density at radius 2 is 1.36 bits per heavy atom. The van der Waals surface area contributed by atoms with E-state index in [4.69, 9.17) is 5.11 Å². The molecule has 1 amide bonds. The quantitative estimate of drug-likeness (QED) is 0.490. The lowest BCUT2D eigenvalue weighted by Crippen LogP contribution is -2.42. The lowest BCUT2D eigenvalue weighted by atomic mass is 10.0. The van der Waals surface area contributed by atoms with Crippen molar-refractivity contribution in [3.63, 3.8) is 0 Å². The molecule has 2 aromatic rings. The SMILES string of the molecule is O=C(N[C@H](Cc1c(F)c(F)c(F)c(F)c1F)C(=O)O)c1ccccc1. The third kappa shape index (κ3) is 3.76. The van der Waals surface area contributed by atoms with Crippen molar-refractivity contribution in [2.75, 3.05) is 0 Å². The number of aliphatic carboxylic acids is 1. The monoisotopic (exact) mass is 359 g/mol. The van der Waals surface area contributed by atoms with Crippen LogP contribution < -0.4 is 5.32 Å². The highest BCUT2D eigenvalue weighted by Crippen LogP contribution is 2.24. The second kappa shape index (κ2) is 7.29. The highest BCUT2D eigenvalue weighted by Gasteiger charge is 2.30. The second-order valence-electron chi connectivity index (χ2n) is 4.98. The van der Waals surface area contributed by atoms with Crippen LogP contribution in [0.2, 0.25) is 0 Å². The Morgan fingerprint density at radius 1 is 0.880 bits per heavy atom. The molecule has 1 atom stereocenters. The molecule has 2 rings (SSSR count).